The number of ether oxygens (including phenoxy) is 1. The van der Waals surface area contributed by atoms with Crippen LogP contribution in [0.2, 0.25) is 0 Å². The predicted octanol–water partition coefficient (Wildman–Crippen LogP) is 1.86. The van der Waals surface area contributed by atoms with Crippen molar-refractivity contribution in [3.05, 3.63) is 35.6 Å². The molecule has 0 amide bonds. The summed E-state index contributed by atoms with van der Waals surface area (Å²) in [6, 6.07) is 3.65. The van der Waals surface area contributed by atoms with Gasteiger partial charge in [0.2, 0.25) is 0 Å². The second kappa shape index (κ2) is 5.58. The molecule has 0 bridgehead atoms. The fourth-order valence-corrected chi connectivity index (χ4v) is 1.43. The number of benzene rings is 1. The fourth-order valence-electron chi connectivity index (χ4n) is 1.43. The Morgan fingerprint density at radius 3 is 2.10 bits per heavy atom. The van der Waals surface area contributed by atoms with Crippen LogP contribution in [-0.4, -0.2) is 35.7 Å². The zero-order chi connectivity index (χ0) is 15.6. The number of Topliss-reactive ketones (excluding diaryl/α,β-unsaturated/α-hetero) is 1. The summed E-state index contributed by atoms with van der Waals surface area (Å²) in [5.41, 5.74) is -4.20. The maximum Gasteiger partial charge on any atom is 0.428 e. The SMILES string of the molecule is COC(=O)[C@](O)(CC(=O)c1ccc(F)cc1)C(F)(F)F. The normalized spacial score (nSPS) is 14.5. The smallest absolute Gasteiger partial charge is 0.428 e. The van der Waals surface area contributed by atoms with Gasteiger partial charge in [-0.2, -0.15) is 13.2 Å². The molecule has 110 valence electrons. The number of carbonyl (C=O) groups excluding carboxylic acids is 2. The fraction of sp³-hybridized carbons (Fsp3) is 0.333. The Bertz CT molecular complexity index is 509. The summed E-state index contributed by atoms with van der Waals surface area (Å²) in [4.78, 5) is 22.7. The van der Waals surface area contributed by atoms with Crippen LogP contribution >= 0.6 is 0 Å². The van der Waals surface area contributed by atoms with Crippen LogP contribution in [0.4, 0.5) is 17.6 Å². The highest BCUT2D eigenvalue weighted by Gasteiger charge is 2.61. The molecule has 0 aliphatic rings. The van der Waals surface area contributed by atoms with Gasteiger partial charge in [-0.3, -0.25) is 4.79 Å². The zero-order valence-corrected chi connectivity index (χ0v) is 10.2. The molecule has 8 heteroatoms. The van der Waals surface area contributed by atoms with Crippen LogP contribution in [0.1, 0.15) is 16.8 Å². The average Bonchev–Trinajstić information content (AvgIpc) is 2.36. The topological polar surface area (TPSA) is 63.6 Å². The molecule has 0 aliphatic heterocycles. The summed E-state index contributed by atoms with van der Waals surface area (Å²) >= 11 is 0. The van der Waals surface area contributed by atoms with Crippen LogP contribution in [0, 0.1) is 5.82 Å². The van der Waals surface area contributed by atoms with Crippen molar-refractivity contribution < 1.29 is 37.0 Å². The van der Waals surface area contributed by atoms with E-state index in [1.807, 2.05) is 0 Å². The van der Waals surface area contributed by atoms with Gasteiger partial charge in [0.1, 0.15) is 5.82 Å². The summed E-state index contributed by atoms with van der Waals surface area (Å²) in [5.74, 6) is -3.84. The van der Waals surface area contributed by atoms with Crippen molar-refractivity contribution in [3.63, 3.8) is 0 Å². The number of rotatable bonds is 4. The Kier molecular flexibility index (Phi) is 4.49. The van der Waals surface area contributed by atoms with Gasteiger partial charge >= 0.3 is 12.1 Å². The molecular formula is C12H10F4O4. The Labute approximate surface area is 111 Å². The molecule has 0 spiro atoms. The largest absolute Gasteiger partial charge is 0.467 e. The third-order valence-electron chi connectivity index (χ3n) is 2.57. The Morgan fingerprint density at radius 2 is 1.70 bits per heavy atom. The van der Waals surface area contributed by atoms with Crippen molar-refractivity contribution in [2.24, 2.45) is 0 Å². The first-order chi connectivity index (χ1) is 9.11. The van der Waals surface area contributed by atoms with Gasteiger partial charge in [-0.05, 0) is 24.3 Å². The predicted molar refractivity (Wildman–Crippen MR) is 58.4 cm³/mol. The molecule has 4 nitrogen and oxygen atoms in total. The van der Waals surface area contributed by atoms with E-state index in [0.29, 0.717) is 7.11 Å². The Hall–Kier alpha value is -1.96. The molecule has 0 saturated carbocycles. The summed E-state index contributed by atoms with van der Waals surface area (Å²) in [7, 11) is 0.654. The van der Waals surface area contributed by atoms with Crippen LogP contribution < -0.4 is 0 Å². The molecule has 0 aromatic heterocycles. The number of hydrogen-bond acceptors (Lipinski definition) is 4. The minimum atomic E-state index is -5.38. The molecule has 0 aliphatic carbocycles. The Balaban J connectivity index is 3.05. The number of carbonyl (C=O) groups is 2. The lowest BCUT2D eigenvalue weighted by atomic mass is 9.93. The van der Waals surface area contributed by atoms with Crippen molar-refractivity contribution in [1.29, 1.82) is 0 Å². The third kappa shape index (κ3) is 3.13. The molecule has 1 N–H and O–H groups in total. The van der Waals surface area contributed by atoms with Gasteiger partial charge in [0.05, 0.1) is 13.5 Å². The number of methoxy groups -OCH3 is 1. The molecular weight excluding hydrogens is 284 g/mol. The first-order valence-corrected chi connectivity index (χ1v) is 5.28. The average molecular weight is 294 g/mol. The van der Waals surface area contributed by atoms with E-state index >= 15 is 0 Å². The van der Waals surface area contributed by atoms with E-state index in [1.165, 1.54) is 0 Å². The molecule has 0 fully saturated rings. The van der Waals surface area contributed by atoms with Gasteiger partial charge in [0.15, 0.2) is 5.78 Å². The number of halogens is 4. The number of hydrogen-bond donors (Lipinski definition) is 1. The number of ketones is 1. The first-order valence-electron chi connectivity index (χ1n) is 5.28. The molecule has 1 aromatic rings. The van der Waals surface area contributed by atoms with Crippen LogP contribution in [0.25, 0.3) is 0 Å². The maximum absolute atomic E-state index is 12.7. The molecule has 0 radical (unpaired) electrons. The van der Waals surface area contributed by atoms with E-state index < -0.39 is 35.8 Å². The van der Waals surface area contributed by atoms with E-state index in [4.69, 9.17) is 0 Å². The molecule has 20 heavy (non-hydrogen) atoms. The monoisotopic (exact) mass is 294 g/mol. The van der Waals surface area contributed by atoms with Crippen molar-refractivity contribution in [2.75, 3.05) is 7.11 Å². The van der Waals surface area contributed by atoms with Gasteiger partial charge in [-0.15, -0.1) is 0 Å². The molecule has 1 rings (SSSR count). The lowest BCUT2D eigenvalue weighted by molar-refractivity contribution is -0.260. The summed E-state index contributed by atoms with van der Waals surface area (Å²) in [5, 5.41) is 9.41. The lowest BCUT2D eigenvalue weighted by Gasteiger charge is -2.26. The molecule has 0 unspecified atom stereocenters. The van der Waals surface area contributed by atoms with E-state index in [2.05, 4.69) is 4.74 Å². The van der Waals surface area contributed by atoms with Crippen LogP contribution in [0.15, 0.2) is 24.3 Å². The molecule has 0 saturated heterocycles. The van der Waals surface area contributed by atoms with Gasteiger partial charge in [-0.1, -0.05) is 0 Å². The van der Waals surface area contributed by atoms with E-state index in [9.17, 15) is 32.3 Å². The van der Waals surface area contributed by atoms with E-state index in [1.54, 1.807) is 0 Å². The highest BCUT2D eigenvalue weighted by molar-refractivity contribution is 6.00. The number of aliphatic hydroxyl groups is 1. The first kappa shape index (κ1) is 16.1. The van der Waals surface area contributed by atoms with Gasteiger partial charge in [0, 0.05) is 5.56 Å². The minimum Gasteiger partial charge on any atom is -0.467 e. The van der Waals surface area contributed by atoms with Crippen molar-refractivity contribution in [1.82, 2.24) is 0 Å². The van der Waals surface area contributed by atoms with Gasteiger partial charge in [0.25, 0.3) is 5.60 Å². The highest BCUT2D eigenvalue weighted by atomic mass is 19.4. The third-order valence-corrected chi connectivity index (χ3v) is 2.57. The number of alkyl halides is 3. The standard InChI is InChI=1S/C12H10F4O4/c1-20-10(18)11(19,12(14,15)16)6-9(17)7-2-4-8(13)5-3-7/h2-5,19H,6H2,1H3/t11-/m1/s1. The second-order valence-corrected chi connectivity index (χ2v) is 3.96. The summed E-state index contributed by atoms with van der Waals surface area (Å²) in [6.45, 7) is 0. The molecule has 1 atom stereocenters. The van der Waals surface area contributed by atoms with Gasteiger partial charge < -0.3 is 9.84 Å². The van der Waals surface area contributed by atoms with Crippen LogP contribution in [-0.2, 0) is 9.53 Å². The number of esters is 1. The quantitative estimate of drug-likeness (QED) is 0.523. The Morgan fingerprint density at radius 1 is 1.20 bits per heavy atom. The highest BCUT2D eigenvalue weighted by Crippen LogP contribution is 2.35. The maximum atomic E-state index is 12.7. The molecule has 1 aromatic carbocycles. The minimum absolute atomic E-state index is 0.266. The van der Waals surface area contributed by atoms with E-state index in [-0.39, 0.29) is 5.56 Å². The lowest BCUT2D eigenvalue weighted by Crippen LogP contribution is -2.54. The van der Waals surface area contributed by atoms with Crippen molar-refractivity contribution in [2.45, 2.75) is 18.2 Å². The van der Waals surface area contributed by atoms with Crippen molar-refractivity contribution in [3.8, 4) is 0 Å². The van der Waals surface area contributed by atoms with E-state index in [0.717, 1.165) is 24.3 Å². The molecule has 0 heterocycles. The van der Waals surface area contributed by atoms with Crippen LogP contribution in [0.5, 0.6) is 0 Å². The summed E-state index contributed by atoms with van der Waals surface area (Å²) in [6.07, 6.45) is -6.93. The second-order valence-electron chi connectivity index (χ2n) is 3.96. The zero-order valence-electron chi connectivity index (χ0n) is 10.2. The summed E-state index contributed by atoms with van der Waals surface area (Å²) < 4.78 is 54.7. The van der Waals surface area contributed by atoms with Crippen molar-refractivity contribution >= 4 is 11.8 Å². The van der Waals surface area contributed by atoms with Crippen LogP contribution in [0.3, 0.4) is 0 Å². The van der Waals surface area contributed by atoms with Gasteiger partial charge in [-0.25, -0.2) is 9.18 Å².